The number of ether oxygens (including phenoxy) is 1. The molecule has 4 rings (SSSR count). The molecule has 0 unspecified atom stereocenters. The monoisotopic (exact) mass is 486 g/mol. The summed E-state index contributed by atoms with van der Waals surface area (Å²) in [6, 6.07) is 12.4. The molecular weight excluding hydrogens is 460 g/mol. The molecule has 8 nitrogen and oxygen atoms in total. The summed E-state index contributed by atoms with van der Waals surface area (Å²) in [7, 11) is -1.95. The maximum atomic E-state index is 13.1. The van der Waals surface area contributed by atoms with Crippen molar-refractivity contribution in [1.29, 1.82) is 0 Å². The van der Waals surface area contributed by atoms with Gasteiger partial charge in [0, 0.05) is 24.7 Å². The van der Waals surface area contributed by atoms with E-state index in [2.05, 4.69) is 15.5 Å². The summed E-state index contributed by atoms with van der Waals surface area (Å²) < 4.78 is 32.9. The van der Waals surface area contributed by atoms with Crippen LogP contribution in [0, 0.1) is 13.8 Å². The summed E-state index contributed by atoms with van der Waals surface area (Å²) in [4.78, 5) is 12.9. The van der Waals surface area contributed by atoms with Crippen molar-refractivity contribution in [3.8, 4) is 5.75 Å². The number of amides is 1. The van der Waals surface area contributed by atoms with Crippen molar-refractivity contribution in [1.82, 2.24) is 14.5 Å². The lowest BCUT2D eigenvalue weighted by molar-refractivity contribution is 0.102. The standard InChI is InChI=1S/C23H26N4O4S2/c1-15-4-9-20(16(2)14-15)33(29,30)27-12-10-17(11-13-27)22-25-26-23(32-22)21(28)24-18-5-7-19(31-3)8-6-18/h4-9,14,17H,10-13H2,1-3H3,(H,24,28). The molecule has 0 radical (unpaired) electrons. The number of sulfonamides is 1. The van der Waals surface area contributed by atoms with Gasteiger partial charge in [0.25, 0.3) is 5.91 Å². The van der Waals surface area contributed by atoms with Crippen LogP contribution in [0.1, 0.15) is 44.7 Å². The molecule has 0 saturated carbocycles. The molecular formula is C23H26N4O4S2. The molecule has 0 atom stereocenters. The predicted octanol–water partition coefficient (Wildman–Crippen LogP) is 3.98. The number of benzene rings is 2. The summed E-state index contributed by atoms with van der Waals surface area (Å²) in [5, 5.41) is 12.1. The number of nitrogens with one attached hydrogen (secondary N) is 1. The molecule has 1 fully saturated rings. The zero-order valence-corrected chi connectivity index (χ0v) is 20.4. The predicted molar refractivity (Wildman–Crippen MR) is 128 cm³/mol. The van der Waals surface area contributed by atoms with E-state index in [0.717, 1.165) is 16.1 Å². The van der Waals surface area contributed by atoms with Gasteiger partial charge in [0.15, 0.2) is 0 Å². The van der Waals surface area contributed by atoms with Crippen LogP contribution in [0.3, 0.4) is 0 Å². The lowest BCUT2D eigenvalue weighted by atomic mass is 9.99. The van der Waals surface area contributed by atoms with Gasteiger partial charge in [0.05, 0.1) is 12.0 Å². The molecule has 3 aromatic rings. The highest BCUT2D eigenvalue weighted by Gasteiger charge is 2.32. The van der Waals surface area contributed by atoms with Gasteiger partial charge in [-0.05, 0) is 62.6 Å². The number of rotatable bonds is 6. The van der Waals surface area contributed by atoms with Gasteiger partial charge in [-0.2, -0.15) is 4.31 Å². The highest BCUT2D eigenvalue weighted by atomic mass is 32.2. The van der Waals surface area contributed by atoms with E-state index in [-0.39, 0.29) is 16.8 Å². The molecule has 33 heavy (non-hydrogen) atoms. The van der Waals surface area contributed by atoms with Crippen LogP contribution in [-0.4, -0.2) is 49.0 Å². The first-order valence-corrected chi connectivity index (χ1v) is 12.9. The van der Waals surface area contributed by atoms with Crippen molar-refractivity contribution in [2.45, 2.75) is 37.5 Å². The molecule has 1 aromatic heterocycles. The number of aryl methyl sites for hydroxylation is 2. The number of aromatic nitrogens is 2. The van der Waals surface area contributed by atoms with Gasteiger partial charge in [-0.1, -0.05) is 29.0 Å². The van der Waals surface area contributed by atoms with Gasteiger partial charge < -0.3 is 10.1 Å². The third kappa shape index (κ3) is 5.07. The Kier molecular flexibility index (Phi) is 6.78. The minimum atomic E-state index is -3.54. The van der Waals surface area contributed by atoms with Crippen molar-refractivity contribution in [3.05, 3.63) is 63.6 Å². The SMILES string of the molecule is COc1ccc(NC(=O)c2nnc(C3CCN(S(=O)(=O)c4ccc(C)cc4C)CC3)s2)cc1. The maximum Gasteiger partial charge on any atom is 0.286 e. The van der Waals surface area contributed by atoms with Crippen LogP contribution in [-0.2, 0) is 10.0 Å². The Morgan fingerprint density at radius 2 is 1.79 bits per heavy atom. The topological polar surface area (TPSA) is 101 Å². The Morgan fingerprint density at radius 1 is 1.09 bits per heavy atom. The van der Waals surface area contributed by atoms with Crippen molar-refractivity contribution < 1.29 is 17.9 Å². The molecule has 0 aliphatic carbocycles. The van der Waals surface area contributed by atoms with Crippen LogP contribution in [0.4, 0.5) is 5.69 Å². The normalized spacial score (nSPS) is 15.4. The van der Waals surface area contributed by atoms with Gasteiger partial charge in [-0.3, -0.25) is 4.79 Å². The molecule has 1 saturated heterocycles. The van der Waals surface area contributed by atoms with E-state index in [4.69, 9.17) is 4.74 Å². The molecule has 2 heterocycles. The second-order valence-corrected chi connectivity index (χ2v) is 11.0. The Hall–Kier alpha value is -2.82. The van der Waals surface area contributed by atoms with E-state index in [9.17, 15) is 13.2 Å². The Balaban J connectivity index is 1.38. The molecule has 1 amide bonds. The number of carbonyl (C=O) groups excluding carboxylic acids is 1. The van der Waals surface area contributed by atoms with Gasteiger partial charge in [0.2, 0.25) is 15.0 Å². The summed E-state index contributed by atoms with van der Waals surface area (Å²) in [6.07, 6.45) is 1.28. The second-order valence-electron chi connectivity index (χ2n) is 8.08. The van der Waals surface area contributed by atoms with Gasteiger partial charge >= 0.3 is 0 Å². The number of anilines is 1. The molecule has 1 aliphatic heterocycles. The Labute approximate surface area is 197 Å². The first-order valence-electron chi connectivity index (χ1n) is 10.6. The smallest absolute Gasteiger partial charge is 0.286 e. The fourth-order valence-corrected chi connectivity index (χ4v) is 6.50. The number of piperidine rings is 1. The van der Waals surface area contributed by atoms with Gasteiger partial charge in [-0.25, -0.2) is 8.42 Å². The zero-order chi connectivity index (χ0) is 23.6. The molecule has 174 valence electrons. The van der Waals surface area contributed by atoms with Crippen LogP contribution >= 0.6 is 11.3 Å². The quantitative estimate of drug-likeness (QED) is 0.565. The third-order valence-electron chi connectivity index (χ3n) is 5.73. The highest BCUT2D eigenvalue weighted by Crippen LogP contribution is 2.33. The Bertz CT molecular complexity index is 1250. The molecule has 2 aromatic carbocycles. The van der Waals surface area contributed by atoms with E-state index in [1.165, 1.54) is 11.3 Å². The summed E-state index contributed by atoms with van der Waals surface area (Å²) in [5.74, 6) is 0.464. The molecule has 1 aliphatic rings. The highest BCUT2D eigenvalue weighted by molar-refractivity contribution is 7.89. The minimum absolute atomic E-state index is 0.0793. The first kappa shape index (κ1) is 23.3. The first-order chi connectivity index (χ1) is 15.8. The minimum Gasteiger partial charge on any atom is -0.497 e. The van der Waals surface area contributed by atoms with Crippen molar-refractivity contribution >= 4 is 33.0 Å². The van der Waals surface area contributed by atoms with Crippen LogP contribution in [0.15, 0.2) is 47.4 Å². The lowest BCUT2D eigenvalue weighted by Crippen LogP contribution is -2.38. The van der Waals surface area contributed by atoms with E-state index < -0.39 is 10.0 Å². The van der Waals surface area contributed by atoms with Gasteiger partial charge in [0.1, 0.15) is 10.8 Å². The van der Waals surface area contributed by atoms with E-state index in [1.807, 2.05) is 26.0 Å². The van der Waals surface area contributed by atoms with E-state index >= 15 is 0 Å². The number of carbonyl (C=O) groups is 1. The third-order valence-corrected chi connectivity index (χ3v) is 8.88. The zero-order valence-electron chi connectivity index (χ0n) is 18.7. The van der Waals surface area contributed by atoms with Crippen LogP contribution in [0.25, 0.3) is 0 Å². The summed E-state index contributed by atoms with van der Waals surface area (Å²) in [5.41, 5.74) is 2.43. The number of methoxy groups -OCH3 is 1. The van der Waals surface area contributed by atoms with Crippen molar-refractivity contribution in [3.63, 3.8) is 0 Å². The molecule has 0 spiro atoms. The van der Waals surface area contributed by atoms with Gasteiger partial charge in [-0.15, -0.1) is 10.2 Å². The van der Waals surface area contributed by atoms with E-state index in [0.29, 0.717) is 42.3 Å². The largest absolute Gasteiger partial charge is 0.497 e. The number of hydrogen-bond donors (Lipinski definition) is 1. The van der Waals surface area contributed by atoms with Crippen molar-refractivity contribution in [2.75, 3.05) is 25.5 Å². The van der Waals surface area contributed by atoms with Crippen molar-refractivity contribution in [2.24, 2.45) is 0 Å². The Morgan fingerprint density at radius 3 is 2.42 bits per heavy atom. The average molecular weight is 487 g/mol. The fraction of sp³-hybridized carbons (Fsp3) is 0.348. The average Bonchev–Trinajstić information content (AvgIpc) is 3.30. The summed E-state index contributed by atoms with van der Waals surface area (Å²) in [6.45, 7) is 4.59. The molecule has 10 heteroatoms. The molecule has 1 N–H and O–H groups in total. The number of hydrogen-bond acceptors (Lipinski definition) is 7. The maximum absolute atomic E-state index is 13.1. The van der Waals surface area contributed by atoms with Crippen LogP contribution in [0.2, 0.25) is 0 Å². The van der Waals surface area contributed by atoms with Crippen LogP contribution in [0.5, 0.6) is 5.75 Å². The second kappa shape index (κ2) is 9.58. The molecule has 0 bridgehead atoms. The fourth-order valence-electron chi connectivity index (χ4n) is 3.92. The summed E-state index contributed by atoms with van der Waals surface area (Å²) >= 11 is 1.26. The van der Waals surface area contributed by atoms with Crippen LogP contribution < -0.4 is 10.1 Å². The number of nitrogens with zero attached hydrogens (tertiary/aromatic N) is 3. The lowest BCUT2D eigenvalue weighted by Gasteiger charge is -2.30. The van der Waals surface area contributed by atoms with E-state index in [1.54, 1.807) is 41.7 Å².